The van der Waals surface area contributed by atoms with Crippen molar-refractivity contribution in [1.29, 1.82) is 0 Å². The summed E-state index contributed by atoms with van der Waals surface area (Å²) in [6.07, 6.45) is -0.299. The minimum atomic E-state index is -0.722. The number of halogens is 4. The van der Waals surface area contributed by atoms with Gasteiger partial charge in [-0.05, 0) is 35.9 Å². The average Bonchev–Trinajstić information content (AvgIpc) is 2.33. The van der Waals surface area contributed by atoms with Crippen LogP contribution in [0.4, 0.5) is 8.78 Å². The summed E-state index contributed by atoms with van der Waals surface area (Å²) in [5, 5.41) is 0.316. The van der Waals surface area contributed by atoms with Crippen LogP contribution in [-0.2, 0) is 6.42 Å². The first-order valence-electron chi connectivity index (χ1n) is 5.40. The molecule has 0 atom stereocenters. The van der Waals surface area contributed by atoms with Gasteiger partial charge in [-0.1, -0.05) is 29.3 Å². The smallest absolute Gasteiger partial charge is 0.171 e. The zero-order chi connectivity index (χ0) is 14.0. The largest absolute Gasteiger partial charge is 0.294 e. The second kappa shape index (κ2) is 5.68. The van der Waals surface area contributed by atoms with Crippen molar-refractivity contribution in [2.75, 3.05) is 0 Å². The van der Waals surface area contributed by atoms with Crippen LogP contribution in [0, 0.1) is 11.6 Å². The summed E-state index contributed by atoms with van der Waals surface area (Å²) in [6.45, 7) is 0. The van der Waals surface area contributed by atoms with Gasteiger partial charge in [-0.25, -0.2) is 8.78 Å². The number of benzene rings is 2. The molecule has 0 aliphatic carbocycles. The lowest BCUT2D eigenvalue weighted by molar-refractivity contribution is 0.0988. The molecule has 0 N–H and O–H groups in total. The summed E-state index contributed by atoms with van der Waals surface area (Å²) >= 11 is 11.5. The van der Waals surface area contributed by atoms with Gasteiger partial charge in [-0.3, -0.25) is 4.79 Å². The second-order valence-corrected chi connectivity index (χ2v) is 4.78. The molecule has 0 saturated heterocycles. The van der Waals surface area contributed by atoms with E-state index in [1.807, 2.05) is 0 Å². The molecule has 2 rings (SSSR count). The molecule has 0 heterocycles. The molecular weight excluding hydrogens is 293 g/mol. The van der Waals surface area contributed by atoms with E-state index in [9.17, 15) is 13.6 Å². The van der Waals surface area contributed by atoms with E-state index in [1.165, 1.54) is 24.3 Å². The van der Waals surface area contributed by atoms with Crippen molar-refractivity contribution in [3.8, 4) is 0 Å². The Morgan fingerprint density at radius 1 is 1.05 bits per heavy atom. The van der Waals surface area contributed by atoms with E-state index in [1.54, 1.807) is 0 Å². The quantitative estimate of drug-likeness (QED) is 0.751. The number of carbonyl (C=O) groups excluding carboxylic acids is 1. The zero-order valence-electron chi connectivity index (χ0n) is 9.59. The fourth-order valence-electron chi connectivity index (χ4n) is 1.70. The van der Waals surface area contributed by atoms with Crippen molar-refractivity contribution < 1.29 is 13.6 Å². The Morgan fingerprint density at radius 3 is 2.47 bits per heavy atom. The molecule has 0 spiro atoms. The van der Waals surface area contributed by atoms with Gasteiger partial charge in [-0.2, -0.15) is 0 Å². The van der Waals surface area contributed by atoms with E-state index in [4.69, 9.17) is 23.2 Å². The van der Waals surface area contributed by atoms with E-state index < -0.39 is 17.4 Å². The topological polar surface area (TPSA) is 17.1 Å². The number of hydrogen-bond acceptors (Lipinski definition) is 1. The molecule has 0 aliphatic heterocycles. The van der Waals surface area contributed by atoms with Crippen LogP contribution in [0.25, 0.3) is 0 Å². The van der Waals surface area contributed by atoms with Crippen LogP contribution in [-0.4, -0.2) is 5.78 Å². The van der Waals surface area contributed by atoms with Gasteiger partial charge < -0.3 is 0 Å². The van der Waals surface area contributed by atoms with E-state index in [2.05, 4.69) is 0 Å². The fourth-order valence-corrected chi connectivity index (χ4v) is 2.17. The molecule has 19 heavy (non-hydrogen) atoms. The first-order chi connectivity index (χ1) is 8.99. The van der Waals surface area contributed by atoms with E-state index >= 15 is 0 Å². The SMILES string of the molecule is O=C(Cc1cc(Cl)ccc1F)c1c(F)cccc1Cl. The summed E-state index contributed by atoms with van der Waals surface area (Å²) in [7, 11) is 0. The van der Waals surface area contributed by atoms with Crippen LogP contribution in [0.1, 0.15) is 15.9 Å². The molecule has 0 radical (unpaired) electrons. The number of rotatable bonds is 3. The van der Waals surface area contributed by atoms with Crippen molar-refractivity contribution in [2.24, 2.45) is 0 Å². The van der Waals surface area contributed by atoms with Crippen LogP contribution < -0.4 is 0 Å². The Kier molecular flexibility index (Phi) is 4.17. The summed E-state index contributed by atoms with van der Waals surface area (Å²) < 4.78 is 27.1. The highest BCUT2D eigenvalue weighted by Crippen LogP contribution is 2.22. The third kappa shape index (κ3) is 3.11. The Morgan fingerprint density at radius 2 is 1.79 bits per heavy atom. The van der Waals surface area contributed by atoms with Gasteiger partial charge >= 0.3 is 0 Å². The molecule has 0 saturated carbocycles. The van der Waals surface area contributed by atoms with Crippen LogP contribution in [0.3, 0.4) is 0 Å². The molecule has 1 nitrogen and oxygen atoms in total. The number of hydrogen-bond donors (Lipinski definition) is 0. The van der Waals surface area contributed by atoms with Crippen molar-refractivity contribution in [2.45, 2.75) is 6.42 Å². The predicted molar refractivity (Wildman–Crippen MR) is 70.9 cm³/mol. The van der Waals surface area contributed by atoms with Gasteiger partial charge in [0.1, 0.15) is 11.6 Å². The van der Waals surface area contributed by atoms with Gasteiger partial charge in [0.05, 0.1) is 10.6 Å². The highest BCUT2D eigenvalue weighted by molar-refractivity contribution is 6.34. The maximum absolute atomic E-state index is 13.6. The molecule has 0 unspecified atom stereocenters. The summed E-state index contributed by atoms with van der Waals surface area (Å²) in [6, 6.07) is 7.81. The standard InChI is InChI=1S/C14H8Cl2F2O/c15-9-4-5-11(17)8(6-9)7-13(19)14-10(16)2-1-3-12(14)18/h1-6H,7H2. The van der Waals surface area contributed by atoms with E-state index in [-0.39, 0.29) is 22.6 Å². The molecule has 0 amide bonds. The fraction of sp³-hybridized carbons (Fsp3) is 0.0714. The maximum Gasteiger partial charge on any atom is 0.171 e. The van der Waals surface area contributed by atoms with Crippen molar-refractivity contribution in [1.82, 2.24) is 0 Å². The van der Waals surface area contributed by atoms with Gasteiger partial charge in [0.2, 0.25) is 0 Å². The lowest BCUT2D eigenvalue weighted by atomic mass is 10.0. The van der Waals surface area contributed by atoms with Crippen LogP contribution in [0.15, 0.2) is 36.4 Å². The maximum atomic E-state index is 13.6. The minimum absolute atomic E-state index is 0.00689. The Hall–Kier alpha value is -1.45. The zero-order valence-corrected chi connectivity index (χ0v) is 11.1. The number of Topliss-reactive ketones (excluding diaryl/α,β-unsaturated/α-hetero) is 1. The molecule has 98 valence electrons. The van der Waals surface area contributed by atoms with E-state index in [0.717, 1.165) is 12.1 Å². The molecule has 2 aromatic carbocycles. The first-order valence-corrected chi connectivity index (χ1v) is 6.16. The lowest BCUT2D eigenvalue weighted by Gasteiger charge is -2.06. The molecule has 5 heteroatoms. The predicted octanol–water partition coefficient (Wildman–Crippen LogP) is 4.70. The van der Waals surface area contributed by atoms with Gasteiger partial charge in [0, 0.05) is 11.4 Å². The van der Waals surface area contributed by atoms with Crippen molar-refractivity contribution >= 4 is 29.0 Å². The Labute approximate surface area is 118 Å². The monoisotopic (exact) mass is 300 g/mol. The summed E-state index contributed by atoms with van der Waals surface area (Å²) in [5.41, 5.74) is -0.125. The lowest BCUT2D eigenvalue weighted by Crippen LogP contribution is -2.08. The van der Waals surface area contributed by atoms with Crippen molar-refractivity contribution in [3.63, 3.8) is 0 Å². The minimum Gasteiger partial charge on any atom is -0.294 e. The Bertz CT molecular complexity index is 621. The summed E-state index contributed by atoms with van der Waals surface area (Å²) in [4.78, 5) is 12.0. The third-order valence-electron chi connectivity index (χ3n) is 2.60. The second-order valence-electron chi connectivity index (χ2n) is 3.93. The first kappa shape index (κ1) is 14.0. The van der Waals surface area contributed by atoms with Gasteiger partial charge in [0.25, 0.3) is 0 Å². The molecule has 0 bridgehead atoms. The molecule has 0 aromatic heterocycles. The molecule has 0 fully saturated rings. The highest BCUT2D eigenvalue weighted by atomic mass is 35.5. The average molecular weight is 301 g/mol. The molecule has 0 aliphatic rings. The van der Waals surface area contributed by atoms with Crippen LogP contribution in [0.5, 0.6) is 0 Å². The van der Waals surface area contributed by atoms with Crippen LogP contribution >= 0.6 is 23.2 Å². The van der Waals surface area contributed by atoms with Gasteiger partial charge in [0.15, 0.2) is 5.78 Å². The highest BCUT2D eigenvalue weighted by Gasteiger charge is 2.17. The third-order valence-corrected chi connectivity index (χ3v) is 3.15. The number of ketones is 1. The molecule has 2 aromatic rings. The number of carbonyl (C=O) groups is 1. The molecular formula is C14H8Cl2F2O. The Balaban J connectivity index is 2.34. The van der Waals surface area contributed by atoms with Gasteiger partial charge in [-0.15, -0.1) is 0 Å². The van der Waals surface area contributed by atoms with Crippen molar-refractivity contribution in [3.05, 3.63) is 69.2 Å². The van der Waals surface area contributed by atoms with Crippen LogP contribution in [0.2, 0.25) is 10.0 Å². The summed E-state index contributed by atoms with van der Waals surface area (Å²) in [5.74, 6) is -1.88. The normalized spacial score (nSPS) is 10.5. The van der Waals surface area contributed by atoms with E-state index in [0.29, 0.717) is 5.02 Å².